The normalized spacial score (nSPS) is 11.8. The van der Waals surface area contributed by atoms with Crippen LogP contribution in [0.25, 0.3) is 11.3 Å². The van der Waals surface area contributed by atoms with E-state index in [0.29, 0.717) is 10.7 Å². The number of amides is 2. The van der Waals surface area contributed by atoms with Gasteiger partial charge in [-0.25, -0.2) is 18.6 Å². The number of nitrogens with one attached hydrogen (secondary N) is 2. The molecule has 2 N–H and O–H groups in total. The molecule has 0 saturated carbocycles. The number of carbonyl (C=O) groups is 1. The number of carbonyl (C=O) groups excluding carboxylic acids is 1. The predicted octanol–water partition coefficient (Wildman–Crippen LogP) is 4.97. The molecule has 25 heavy (non-hydrogen) atoms. The minimum absolute atomic E-state index is 0.453. The fraction of sp³-hybridized carbons (Fsp3) is 0.111. The van der Waals surface area contributed by atoms with Gasteiger partial charge in [0.15, 0.2) is 16.8 Å². The van der Waals surface area contributed by atoms with Crippen molar-refractivity contribution in [3.63, 3.8) is 0 Å². The molecule has 0 bridgehead atoms. The number of hydrogen-bond donors (Lipinski definition) is 2. The maximum Gasteiger partial charge on any atom is 0.321 e. The van der Waals surface area contributed by atoms with Gasteiger partial charge in [0.05, 0.1) is 11.7 Å². The number of thiazole rings is 1. The number of nitrogens with zero attached hydrogens (tertiary/aromatic N) is 1. The van der Waals surface area contributed by atoms with E-state index in [4.69, 9.17) is 0 Å². The topological polar surface area (TPSA) is 54.0 Å². The van der Waals surface area contributed by atoms with Crippen molar-refractivity contribution < 1.29 is 13.6 Å². The van der Waals surface area contributed by atoms with Crippen molar-refractivity contribution in [2.45, 2.75) is 13.0 Å². The van der Waals surface area contributed by atoms with E-state index in [1.807, 2.05) is 35.7 Å². The molecule has 1 heterocycles. The molecule has 0 fully saturated rings. The maximum atomic E-state index is 13.3. The summed E-state index contributed by atoms with van der Waals surface area (Å²) < 4.78 is 26.2. The molecule has 3 aromatic rings. The van der Waals surface area contributed by atoms with Gasteiger partial charge in [0, 0.05) is 10.9 Å². The molecule has 2 aromatic carbocycles. The summed E-state index contributed by atoms with van der Waals surface area (Å²) in [5, 5.41) is 7.62. The van der Waals surface area contributed by atoms with Gasteiger partial charge >= 0.3 is 6.03 Å². The molecule has 7 heteroatoms. The number of urea groups is 1. The van der Waals surface area contributed by atoms with Crippen LogP contribution in [0.4, 0.5) is 18.7 Å². The van der Waals surface area contributed by atoms with Crippen LogP contribution in [-0.2, 0) is 0 Å². The second kappa shape index (κ2) is 7.40. The minimum atomic E-state index is -0.945. The molecule has 1 unspecified atom stereocenters. The Kier molecular flexibility index (Phi) is 5.04. The highest BCUT2D eigenvalue weighted by Gasteiger charge is 2.13. The summed E-state index contributed by atoms with van der Waals surface area (Å²) in [4.78, 5) is 16.4. The van der Waals surface area contributed by atoms with Gasteiger partial charge in [-0.15, -0.1) is 11.3 Å². The number of anilines is 1. The number of halogens is 2. The smallest absolute Gasteiger partial charge is 0.321 e. The molecule has 0 aliphatic rings. The van der Waals surface area contributed by atoms with Crippen molar-refractivity contribution in [1.82, 2.24) is 10.3 Å². The molecule has 1 atom stereocenters. The molecule has 0 aliphatic heterocycles. The van der Waals surface area contributed by atoms with Crippen molar-refractivity contribution in [2.24, 2.45) is 0 Å². The third kappa shape index (κ3) is 4.19. The van der Waals surface area contributed by atoms with Crippen LogP contribution in [0.3, 0.4) is 0 Å². The van der Waals surface area contributed by atoms with Crippen molar-refractivity contribution in [3.8, 4) is 11.3 Å². The zero-order valence-electron chi connectivity index (χ0n) is 13.3. The number of benzene rings is 2. The maximum absolute atomic E-state index is 13.3. The van der Waals surface area contributed by atoms with Gasteiger partial charge in [-0.05, 0) is 24.6 Å². The van der Waals surface area contributed by atoms with Crippen LogP contribution < -0.4 is 10.6 Å². The molecule has 0 spiro atoms. The third-order valence-corrected chi connectivity index (χ3v) is 4.34. The lowest BCUT2D eigenvalue weighted by Crippen LogP contribution is -2.31. The van der Waals surface area contributed by atoms with E-state index in [9.17, 15) is 13.6 Å². The number of rotatable bonds is 4. The summed E-state index contributed by atoms with van der Waals surface area (Å²) in [6.07, 6.45) is 0. The van der Waals surface area contributed by atoms with Crippen LogP contribution in [0.2, 0.25) is 0 Å². The van der Waals surface area contributed by atoms with Gasteiger partial charge in [-0.1, -0.05) is 36.4 Å². The average molecular weight is 359 g/mol. The van der Waals surface area contributed by atoms with E-state index >= 15 is 0 Å². The molecular weight excluding hydrogens is 344 g/mol. The van der Waals surface area contributed by atoms with Crippen LogP contribution in [0.5, 0.6) is 0 Å². The van der Waals surface area contributed by atoms with Gasteiger partial charge in [-0.3, -0.25) is 5.32 Å². The van der Waals surface area contributed by atoms with Gasteiger partial charge in [0.2, 0.25) is 0 Å². The summed E-state index contributed by atoms with van der Waals surface area (Å²) >= 11 is 1.31. The lowest BCUT2D eigenvalue weighted by atomic mass is 10.1. The fourth-order valence-electron chi connectivity index (χ4n) is 2.27. The van der Waals surface area contributed by atoms with Crippen LogP contribution in [0.15, 0.2) is 53.9 Å². The molecule has 4 nitrogen and oxygen atoms in total. The lowest BCUT2D eigenvalue weighted by molar-refractivity contribution is 0.249. The zero-order chi connectivity index (χ0) is 17.8. The van der Waals surface area contributed by atoms with Crippen LogP contribution >= 0.6 is 11.3 Å². The molecule has 128 valence electrons. The molecule has 0 radical (unpaired) electrons. The lowest BCUT2D eigenvalue weighted by Gasteiger charge is -2.14. The van der Waals surface area contributed by atoms with Crippen molar-refractivity contribution in [2.75, 3.05) is 5.32 Å². The third-order valence-electron chi connectivity index (χ3n) is 3.59. The summed E-state index contributed by atoms with van der Waals surface area (Å²) in [6.45, 7) is 1.68. The molecule has 1 aromatic heterocycles. The largest absolute Gasteiger partial charge is 0.331 e. The highest BCUT2D eigenvalue weighted by atomic mass is 32.1. The number of aromatic nitrogens is 1. The Labute approximate surface area is 147 Å². The highest BCUT2D eigenvalue weighted by molar-refractivity contribution is 7.14. The first-order valence-electron chi connectivity index (χ1n) is 7.56. The van der Waals surface area contributed by atoms with E-state index < -0.39 is 23.7 Å². The Morgan fingerprint density at radius 1 is 1.12 bits per heavy atom. The molecular formula is C18H15F2N3OS. The SMILES string of the molecule is CC(NC(=O)Nc1nc(-c2ccccc2)cs1)c1ccc(F)c(F)c1. The van der Waals surface area contributed by atoms with Crippen molar-refractivity contribution >= 4 is 22.5 Å². The Balaban J connectivity index is 1.62. The standard InChI is InChI=1S/C18H15F2N3OS/c1-11(13-7-8-14(19)15(20)9-13)21-17(24)23-18-22-16(10-25-18)12-5-3-2-4-6-12/h2-11H,1H3,(H2,21,22,23,24). The molecule has 0 aliphatic carbocycles. The average Bonchev–Trinajstić information content (AvgIpc) is 3.06. The van der Waals surface area contributed by atoms with E-state index in [-0.39, 0.29) is 0 Å². The van der Waals surface area contributed by atoms with Gasteiger partial charge in [0.25, 0.3) is 0 Å². The van der Waals surface area contributed by atoms with Gasteiger partial charge in [0.1, 0.15) is 0 Å². The molecule has 2 amide bonds. The van der Waals surface area contributed by atoms with E-state index in [1.54, 1.807) is 6.92 Å². The first-order chi connectivity index (χ1) is 12.0. The quantitative estimate of drug-likeness (QED) is 0.691. The monoisotopic (exact) mass is 359 g/mol. The Morgan fingerprint density at radius 3 is 2.60 bits per heavy atom. The second-order valence-electron chi connectivity index (χ2n) is 5.40. The zero-order valence-corrected chi connectivity index (χ0v) is 14.1. The van der Waals surface area contributed by atoms with Crippen molar-refractivity contribution in [1.29, 1.82) is 0 Å². The first-order valence-corrected chi connectivity index (χ1v) is 8.44. The van der Waals surface area contributed by atoms with Crippen LogP contribution in [0, 0.1) is 11.6 Å². The summed E-state index contributed by atoms with van der Waals surface area (Å²) in [7, 11) is 0. The minimum Gasteiger partial charge on any atom is -0.331 e. The molecule has 0 saturated heterocycles. The van der Waals surface area contributed by atoms with E-state index in [2.05, 4.69) is 15.6 Å². The fourth-order valence-corrected chi connectivity index (χ4v) is 2.98. The Hall–Kier alpha value is -2.80. The summed E-state index contributed by atoms with van der Waals surface area (Å²) in [6, 6.07) is 12.2. The predicted molar refractivity (Wildman–Crippen MR) is 94.5 cm³/mol. The highest BCUT2D eigenvalue weighted by Crippen LogP contribution is 2.24. The van der Waals surface area contributed by atoms with E-state index in [0.717, 1.165) is 23.4 Å². The van der Waals surface area contributed by atoms with E-state index in [1.165, 1.54) is 17.4 Å². The Morgan fingerprint density at radius 2 is 1.88 bits per heavy atom. The van der Waals surface area contributed by atoms with Gasteiger partial charge in [-0.2, -0.15) is 0 Å². The Bertz CT molecular complexity index is 883. The summed E-state index contributed by atoms with van der Waals surface area (Å²) in [5.41, 5.74) is 2.20. The first kappa shape index (κ1) is 17.0. The second-order valence-corrected chi connectivity index (χ2v) is 6.26. The summed E-state index contributed by atoms with van der Waals surface area (Å²) in [5.74, 6) is -1.87. The van der Waals surface area contributed by atoms with Crippen molar-refractivity contribution in [3.05, 3.63) is 71.1 Å². The molecule has 3 rings (SSSR count). The number of hydrogen-bond acceptors (Lipinski definition) is 3. The van der Waals surface area contributed by atoms with Crippen LogP contribution in [0.1, 0.15) is 18.5 Å². The van der Waals surface area contributed by atoms with Crippen LogP contribution in [-0.4, -0.2) is 11.0 Å². The van der Waals surface area contributed by atoms with Gasteiger partial charge < -0.3 is 5.32 Å².